The molecule has 6 heteroatoms. The van der Waals surface area contributed by atoms with Gasteiger partial charge in [0, 0.05) is 16.3 Å². The summed E-state index contributed by atoms with van der Waals surface area (Å²) in [5.41, 5.74) is 2.87. The molecule has 0 radical (unpaired) electrons. The lowest BCUT2D eigenvalue weighted by molar-refractivity contribution is -0.135. The van der Waals surface area contributed by atoms with E-state index in [2.05, 4.69) is 5.32 Å². The van der Waals surface area contributed by atoms with Crippen LogP contribution < -0.4 is 5.32 Å². The van der Waals surface area contributed by atoms with Crippen molar-refractivity contribution in [2.24, 2.45) is 0 Å². The minimum absolute atomic E-state index is 0.127. The maximum absolute atomic E-state index is 13.7. The Bertz CT molecular complexity index is 1370. The van der Waals surface area contributed by atoms with Gasteiger partial charge in [0.25, 0.3) is 0 Å². The third-order valence-electron chi connectivity index (χ3n) is 5.94. The van der Waals surface area contributed by atoms with Crippen molar-refractivity contribution in [3.63, 3.8) is 0 Å². The van der Waals surface area contributed by atoms with Crippen molar-refractivity contribution in [2.45, 2.75) is 12.5 Å². The van der Waals surface area contributed by atoms with Crippen molar-refractivity contribution in [1.29, 1.82) is 0 Å². The number of carbonyl (C=O) groups excluding carboxylic acids is 2. The Morgan fingerprint density at radius 3 is 2.58 bits per heavy atom. The molecule has 1 unspecified atom stereocenters. The smallest absolute Gasteiger partial charge is 0.244 e. The molecule has 1 heterocycles. The van der Waals surface area contributed by atoms with E-state index in [1.165, 1.54) is 12.1 Å². The molecule has 1 N–H and O–H groups in total. The van der Waals surface area contributed by atoms with Crippen LogP contribution in [0.25, 0.3) is 10.8 Å². The Morgan fingerprint density at radius 2 is 1.76 bits per heavy atom. The molecule has 33 heavy (non-hydrogen) atoms. The number of hydrogen-bond donors (Lipinski definition) is 1. The zero-order valence-corrected chi connectivity index (χ0v) is 18.4. The molecule has 0 saturated heterocycles. The van der Waals surface area contributed by atoms with E-state index in [4.69, 9.17) is 11.6 Å². The molecule has 2 amide bonds. The lowest BCUT2D eigenvalue weighted by Gasteiger charge is -2.31. The molecule has 4 aromatic carbocycles. The summed E-state index contributed by atoms with van der Waals surface area (Å²) in [5.74, 6) is -0.875. The summed E-state index contributed by atoms with van der Waals surface area (Å²) in [6.45, 7) is -0.127. The maximum atomic E-state index is 13.7. The average molecular weight is 459 g/mol. The van der Waals surface area contributed by atoms with Crippen molar-refractivity contribution in [3.8, 4) is 0 Å². The normalized spacial score (nSPS) is 15.6. The van der Waals surface area contributed by atoms with Gasteiger partial charge in [-0.25, -0.2) is 4.39 Å². The Balaban J connectivity index is 1.60. The summed E-state index contributed by atoms with van der Waals surface area (Å²) >= 11 is 6.17. The van der Waals surface area contributed by atoms with Crippen LogP contribution in [0.1, 0.15) is 22.7 Å². The Labute approximate surface area is 195 Å². The highest BCUT2D eigenvalue weighted by atomic mass is 35.5. The van der Waals surface area contributed by atoms with Crippen molar-refractivity contribution in [1.82, 2.24) is 4.90 Å². The summed E-state index contributed by atoms with van der Waals surface area (Å²) < 4.78 is 13.7. The van der Waals surface area contributed by atoms with Crippen molar-refractivity contribution >= 4 is 39.9 Å². The lowest BCUT2D eigenvalue weighted by atomic mass is 9.95. The fraction of sp³-hybridized carbons (Fsp3) is 0.111. The van der Waals surface area contributed by atoms with E-state index in [0.717, 1.165) is 21.9 Å². The molecule has 0 fully saturated rings. The number of amides is 2. The summed E-state index contributed by atoms with van der Waals surface area (Å²) in [6.07, 6.45) is 0.134. The van der Waals surface area contributed by atoms with Gasteiger partial charge in [-0.2, -0.15) is 0 Å². The van der Waals surface area contributed by atoms with Gasteiger partial charge >= 0.3 is 0 Å². The number of rotatable bonds is 3. The second-order valence-corrected chi connectivity index (χ2v) is 8.51. The first kappa shape index (κ1) is 21.2. The quantitative estimate of drug-likeness (QED) is 0.425. The van der Waals surface area contributed by atoms with E-state index < -0.39 is 6.04 Å². The van der Waals surface area contributed by atoms with Crippen LogP contribution in [0.3, 0.4) is 0 Å². The highest BCUT2D eigenvalue weighted by molar-refractivity contribution is 6.31. The van der Waals surface area contributed by atoms with Gasteiger partial charge in [0.2, 0.25) is 11.8 Å². The second kappa shape index (κ2) is 8.68. The van der Waals surface area contributed by atoms with E-state index in [9.17, 15) is 14.0 Å². The Morgan fingerprint density at radius 1 is 1.00 bits per heavy atom. The summed E-state index contributed by atoms with van der Waals surface area (Å²) in [7, 11) is 0. The zero-order chi connectivity index (χ0) is 22.9. The van der Waals surface area contributed by atoms with Gasteiger partial charge in [0.05, 0.1) is 12.5 Å². The van der Waals surface area contributed by atoms with Crippen LogP contribution in [0.5, 0.6) is 0 Å². The fourth-order valence-corrected chi connectivity index (χ4v) is 4.60. The fourth-order valence-electron chi connectivity index (χ4n) is 4.43. The summed E-state index contributed by atoms with van der Waals surface area (Å²) in [6, 6.07) is 24.4. The second-order valence-electron chi connectivity index (χ2n) is 8.07. The topological polar surface area (TPSA) is 49.4 Å². The molecule has 4 aromatic rings. The van der Waals surface area contributed by atoms with Gasteiger partial charge in [-0.05, 0) is 46.2 Å². The number of halogens is 2. The first-order valence-corrected chi connectivity index (χ1v) is 11.0. The highest BCUT2D eigenvalue weighted by Crippen LogP contribution is 2.37. The highest BCUT2D eigenvalue weighted by Gasteiger charge is 2.33. The van der Waals surface area contributed by atoms with E-state index in [1.54, 1.807) is 35.2 Å². The summed E-state index contributed by atoms with van der Waals surface area (Å²) in [5, 5.41) is 5.38. The minimum atomic E-state index is -0.570. The maximum Gasteiger partial charge on any atom is 0.244 e. The summed E-state index contributed by atoms with van der Waals surface area (Å²) in [4.78, 5) is 28.0. The third kappa shape index (κ3) is 4.20. The van der Waals surface area contributed by atoms with Crippen LogP contribution in [0.2, 0.25) is 5.02 Å². The van der Waals surface area contributed by atoms with Crippen LogP contribution >= 0.6 is 11.6 Å². The number of benzene rings is 4. The number of nitrogens with zero attached hydrogens (tertiary/aromatic N) is 1. The molecule has 0 spiro atoms. The molecule has 164 valence electrons. The average Bonchev–Trinajstić information content (AvgIpc) is 2.95. The van der Waals surface area contributed by atoms with E-state index in [1.807, 2.05) is 42.5 Å². The van der Waals surface area contributed by atoms with Gasteiger partial charge in [0.1, 0.15) is 12.4 Å². The number of carbonyl (C=O) groups is 2. The molecule has 0 saturated carbocycles. The molecule has 0 aromatic heterocycles. The zero-order valence-electron chi connectivity index (χ0n) is 17.6. The predicted octanol–water partition coefficient (Wildman–Crippen LogP) is 5.75. The van der Waals surface area contributed by atoms with Crippen molar-refractivity contribution < 1.29 is 14.0 Å². The number of hydrogen-bond acceptors (Lipinski definition) is 2. The number of anilines is 1. The molecule has 4 nitrogen and oxygen atoms in total. The molecule has 1 aliphatic rings. The first-order valence-electron chi connectivity index (χ1n) is 10.6. The largest absolute Gasteiger partial charge is 0.324 e. The van der Waals surface area contributed by atoms with Gasteiger partial charge in [-0.15, -0.1) is 0 Å². The van der Waals surface area contributed by atoms with Gasteiger partial charge in [-0.1, -0.05) is 72.3 Å². The SMILES string of the molecule is O=C1CN(C(=O)Cc2cccc3ccccc23)C(c2ccc(F)cc2)c2ccc(Cl)cc2N1. The number of fused-ring (bicyclic) bond motifs is 2. The molecule has 1 atom stereocenters. The van der Waals surface area contributed by atoms with Crippen LogP contribution in [-0.4, -0.2) is 23.3 Å². The van der Waals surface area contributed by atoms with Crippen molar-refractivity contribution in [2.75, 3.05) is 11.9 Å². The van der Waals surface area contributed by atoms with Crippen LogP contribution in [0.15, 0.2) is 84.9 Å². The predicted molar refractivity (Wildman–Crippen MR) is 128 cm³/mol. The molecule has 0 aliphatic carbocycles. The molecule has 5 rings (SSSR count). The van der Waals surface area contributed by atoms with E-state index >= 15 is 0 Å². The third-order valence-corrected chi connectivity index (χ3v) is 6.17. The molecular formula is C27H20ClFN2O2. The van der Waals surface area contributed by atoms with Gasteiger partial charge in [0.15, 0.2) is 0 Å². The van der Waals surface area contributed by atoms with Crippen molar-refractivity contribution in [3.05, 3.63) is 112 Å². The molecule has 1 aliphatic heterocycles. The number of nitrogens with one attached hydrogen (secondary N) is 1. The van der Waals surface area contributed by atoms with Crippen LogP contribution in [-0.2, 0) is 16.0 Å². The van der Waals surface area contributed by atoms with E-state index in [-0.39, 0.29) is 30.6 Å². The van der Waals surface area contributed by atoms with Crippen LogP contribution in [0, 0.1) is 5.82 Å². The Hall–Kier alpha value is -3.70. The minimum Gasteiger partial charge on any atom is -0.324 e. The first-order chi connectivity index (χ1) is 16.0. The van der Waals surface area contributed by atoms with Gasteiger partial charge in [-0.3, -0.25) is 9.59 Å². The monoisotopic (exact) mass is 458 g/mol. The molecule has 0 bridgehead atoms. The lowest BCUT2D eigenvalue weighted by Crippen LogP contribution is -2.39. The standard InChI is InChI=1S/C27H20ClFN2O2/c28-20-10-13-23-24(15-20)30-25(32)16-31(27(23)18-8-11-21(29)12-9-18)26(33)14-19-6-3-5-17-4-1-2-7-22(17)19/h1-13,15,27H,14,16H2,(H,30,32). The van der Waals surface area contributed by atoms with E-state index in [0.29, 0.717) is 16.3 Å². The molecular weight excluding hydrogens is 439 g/mol. The van der Waals surface area contributed by atoms with Crippen LogP contribution in [0.4, 0.5) is 10.1 Å². The Kier molecular flexibility index (Phi) is 5.56. The van der Waals surface area contributed by atoms with Gasteiger partial charge < -0.3 is 10.2 Å².